The van der Waals surface area contributed by atoms with Gasteiger partial charge in [-0.05, 0) is 73.2 Å². The molecular weight excluding hydrogens is 579 g/mol. The van der Waals surface area contributed by atoms with Crippen LogP contribution in [0.15, 0.2) is 97.3 Å². The van der Waals surface area contributed by atoms with Crippen LogP contribution in [-0.4, -0.2) is 48.0 Å². The first kappa shape index (κ1) is 30.8. The highest BCUT2D eigenvalue weighted by molar-refractivity contribution is 5.97. The van der Waals surface area contributed by atoms with Crippen LogP contribution < -0.4 is 10.2 Å². The van der Waals surface area contributed by atoms with Gasteiger partial charge in [-0.3, -0.25) is 9.59 Å². The summed E-state index contributed by atoms with van der Waals surface area (Å²) in [5, 5.41) is 3.08. The number of rotatable bonds is 9. The zero-order valence-electron chi connectivity index (χ0n) is 26.3. The van der Waals surface area contributed by atoms with Crippen LogP contribution in [0.4, 0.5) is 10.1 Å². The van der Waals surface area contributed by atoms with Crippen molar-refractivity contribution < 1.29 is 18.7 Å². The maximum Gasteiger partial charge on any atom is 0.310 e. The largest absolute Gasteiger partial charge is 0.469 e. The third-order valence-electron chi connectivity index (χ3n) is 8.77. The Bertz CT molecular complexity index is 1930. The number of hydrogen-bond donors (Lipinski definition) is 1. The summed E-state index contributed by atoms with van der Waals surface area (Å²) in [4.78, 5) is 32.3. The molecule has 0 aliphatic carbocycles. The van der Waals surface area contributed by atoms with Crippen molar-refractivity contribution in [3.63, 3.8) is 0 Å². The van der Waals surface area contributed by atoms with Crippen LogP contribution in [0.25, 0.3) is 33.6 Å². The quantitative estimate of drug-likeness (QED) is 0.177. The second kappa shape index (κ2) is 13.4. The van der Waals surface area contributed by atoms with Crippen LogP contribution >= 0.6 is 0 Å². The van der Waals surface area contributed by atoms with Gasteiger partial charge < -0.3 is 19.4 Å². The second-order valence-corrected chi connectivity index (χ2v) is 11.6. The fraction of sp³-hybridized carbons (Fsp3) is 0.237. The Hall–Kier alpha value is -5.24. The number of amides is 1. The number of fused-ring (bicyclic) bond motifs is 1. The van der Waals surface area contributed by atoms with Gasteiger partial charge in [0.2, 0.25) is 0 Å². The van der Waals surface area contributed by atoms with Crippen LogP contribution in [0.1, 0.15) is 41.8 Å². The summed E-state index contributed by atoms with van der Waals surface area (Å²) in [7, 11) is 1.39. The fourth-order valence-electron chi connectivity index (χ4n) is 6.14. The lowest BCUT2D eigenvalue weighted by molar-refractivity contribution is -0.144. The van der Waals surface area contributed by atoms with E-state index in [-0.39, 0.29) is 17.8 Å². The number of methoxy groups -OCH3 is 1. The van der Waals surface area contributed by atoms with E-state index in [1.807, 2.05) is 66.4 Å². The van der Waals surface area contributed by atoms with Gasteiger partial charge in [-0.2, -0.15) is 0 Å². The van der Waals surface area contributed by atoms with Crippen molar-refractivity contribution >= 4 is 28.8 Å². The van der Waals surface area contributed by atoms with Crippen molar-refractivity contribution in [2.75, 3.05) is 31.6 Å². The number of hydrogen-bond acceptors (Lipinski definition) is 5. The van der Waals surface area contributed by atoms with Crippen molar-refractivity contribution in [3.05, 3.63) is 120 Å². The van der Waals surface area contributed by atoms with Gasteiger partial charge in [-0.1, -0.05) is 60.7 Å². The lowest BCUT2D eigenvalue weighted by Gasteiger charge is -2.18. The Balaban J connectivity index is 1.27. The third-order valence-corrected chi connectivity index (χ3v) is 8.77. The van der Waals surface area contributed by atoms with Crippen molar-refractivity contribution in [2.24, 2.45) is 5.92 Å². The number of carbonyl (C=O) groups excluding carboxylic acids is 2. The molecule has 1 fully saturated rings. The summed E-state index contributed by atoms with van der Waals surface area (Å²) in [6.07, 6.45) is 6.97. The van der Waals surface area contributed by atoms with E-state index >= 15 is 4.39 Å². The molecule has 1 aliphatic rings. The van der Waals surface area contributed by atoms with Gasteiger partial charge in [0.15, 0.2) is 0 Å². The number of halogens is 1. The van der Waals surface area contributed by atoms with Crippen LogP contribution in [0.2, 0.25) is 0 Å². The van der Waals surface area contributed by atoms with Crippen molar-refractivity contribution in [1.29, 1.82) is 0 Å². The van der Waals surface area contributed by atoms with E-state index < -0.39 is 5.82 Å². The minimum atomic E-state index is -0.407. The Morgan fingerprint density at radius 3 is 2.57 bits per heavy atom. The number of anilines is 1. The number of aromatic nitrogens is 2. The molecule has 6 rings (SSSR count). The molecule has 1 aliphatic heterocycles. The Morgan fingerprint density at radius 1 is 1.02 bits per heavy atom. The molecule has 0 bridgehead atoms. The topological polar surface area (TPSA) is 75.9 Å². The number of nitrogens with one attached hydrogen (secondary N) is 1. The molecule has 1 amide bonds. The molecular formula is C38H37FN4O3. The van der Waals surface area contributed by atoms with Gasteiger partial charge in [0.25, 0.3) is 5.91 Å². The van der Waals surface area contributed by atoms with Gasteiger partial charge >= 0.3 is 5.97 Å². The normalized spacial score (nSPS) is 14.9. The molecule has 5 aromatic rings. The van der Waals surface area contributed by atoms with Gasteiger partial charge in [0.05, 0.1) is 24.3 Å². The van der Waals surface area contributed by atoms with E-state index in [9.17, 15) is 9.59 Å². The number of allylic oxidation sites excluding steroid dienone is 2. The lowest BCUT2D eigenvalue weighted by Crippen LogP contribution is -2.26. The first-order chi connectivity index (χ1) is 22.4. The van der Waals surface area contributed by atoms with Crippen LogP contribution in [0.5, 0.6) is 0 Å². The molecule has 1 N–H and O–H groups in total. The molecule has 2 aromatic heterocycles. The number of benzene rings is 3. The smallest absolute Gasteiger partial charge is 0.310 e. The van der Waals surface area contributed by atoms with Gasteiger partial charge in [0.1, 0.15) is 11.5 Å². The number of pyridine rings is 1. The molecule has 3 aromatic carbocycles. The predicted molar refractivity (Wildman–Crippen MR) is 180 cm³/mol. The number of nitrogens with zero attached hydrogens (tertiary/aromatic N) is 3. The standard InChI is InChI=1S/C38H37FN4O3/c1-4-25(2)31-13-9-8-12-27(31)16-18-40-37(44)29-20-33(26-10-6-5-7-11-26)36-41-35(24-43(36)23-29)32-15-14-30(21-34(32)39)42-19-17-28(22-42)38(45)46-3/h4-15,20-21,23-24,28H,16-19,22H2,1-3H3,(H,40,44)/b25-4-/t28-/m0/s1. The minimum Gasteiger partial charge on any atom is -0.469 e. The summed E-state index contributed by atoms with van der Waals surface area (Å²) < 4.78 is 22.3. The van der Waals surface area contributed by atoms with Crippen molar-refractivity contribution in [3.8, 4) is 22.4 Å². The fourth-order valence-corrected chi connectivity index (χ4v) is 6.14. The molecule has 0 spiro atoms. The summed E-state index contributed by atoms with van der Waals surface area (Å²) in [6.45, 7) is 5.74. The molecule has 1 atom stereocenters. The molecule has 46 heavy (non-hydrogen) atoms. The molecule has 234 valence electrons. The number of carbonyl (C=O) groups is 2. The molecule has 1 saturated heterocycles. The van der Waals surface area contributed by atoms with E-state index in [1.54, 1.807) is 22.9 Å². The zero-order chi connectivity index (χ0) is 32.2. The van der Waals surface area contributed by atoms with Gasteiger partial charge in [-0.25, -0.2) is 9.37 Å². The zero-order valence-corrected chi connectivity index (χ0v) is 26.3. The van der Waals surface area contributed by atoms with Crippen molar-refractivity contribution in [1.82, 2.24) is 14.7 Å². The number of ether oxygens (including phenoxy) is 1. The van der Waals surface area contributed by atoms with Gasteiger partial charge in [0, 0.05) is 48.8 Å². The Kier molecular flexibility index (Phi) is 8.97. The van der Waals surface area contributed by atoms with E-state index in [0.29, 0.717) is 60.6 Å². The van der Waals surface area contributed by atoms with E-state index in [1.165, 1.54) is 29.9 Å². The Morgan fingerprint density at radius 2 is 1.80 bits per heavy atom. The van der Waals surface area contributed by atoms with Crippen LogP contribution in [-0.2, 0) is 16.0 Å². The highest BCUT2D eigenvalue weighted by atomic mass is 19.1. The predicted octanol–water partition coefficient (Wildman–Crippen LogP) is 7.20. The van der Waals surface area contributed by atoms with Crippen molar-refractivity contribution in [2.45, 2.75) is 26.7 Å². The highest BCUT2D eigenvalue weighted by Gasteiger charge is 2.29. The van der Waals surface area contributed by atoms with E-state index in [0.717, 1.165) is 11.1 Å². The van der Waals surface area contributed by atoms with Gasteiger partial charge in [-0.15, -0.1) is 0 Å². The maximum atomic E-state index is 15.6. The molecule has 0 saturated carbocycles. The summed E-state index contributed by atoms with van der Waals surface area (Å²) in [6, 6.07) is 24.9. The molecule has 8 heteroatoms. The molecule has 0 radical (unpaired) electrons. The average Bonchev–Trinajstić information content (AvgIpc) is 3.76. The number of esters is 1. The van der Waals surface area contributed by atoms with E-state index in [2.05, 4.69) is 30.4 Å². The molecule has 0 unspecified atom stereocenters. The Labute approximate surface area is 268 Å². The summed E-state index contributed by atoms with van der Waals surface area (Å²) in [5.74, 6) is -1.06. The SMILES string of the molecule is C/C=C(/C)c1ccccc1CCNC(=O)c1cc(-c2ccccc2)c2nc(-c3ccc(N4CC[C@H](C(=O)OC)C4)cc3F)cn2c1. The summed E-state index contributed by atoms with van der Waals surface area (Å²) in [5.41, 5.74) is 7.88. The summed E-state index contributed by atoms with van der Waals surface area (Å²) >= 11 is 0. The molecule has 7 nitrogen and oxygen atoms in total. The third kappa shape index (κ3) is 6.29. The highest BCUT2D eigenvalue weighted by Crippen LogP contribution is 2.32. The maximum absolute atomic E-state index is 15.6. The first-order valence-electron chi connectivity index (χ1n) is 15.6. The first-order valence-corrected chi connectivity index (χ1v) is 15.6. The number of imidazole rings is 1. The second-order valence-electron chi connectivity index (χ2n) is 11.6. The molecule has 3 heterocycles. The lowest BCUT2D eigenvalue weighted by atomic mass is 9.98. The average molecular weight is 617 g/mol. The van der Waals surface area contributed by atoms with E-state index in [4.69, 9.17) is 9.72 Å². The van der Waals surface area contributed by atoms with Crippen LogP contribution in [0.3, 0.4) is 0 Å². The van der Waals surface area contributed by atoms with Crippen LogP contribution in [0, 0.1) is 11.7 Å². The minimum absolute atomic E-state index is 0.194. The monoisotopic (exact) mass is 616 g/mol.